The number of aromatic nitrogens is 1. The third-order valence-electron chi connectivity index (χ3n) is 5.30. The van der Waals surface area contributed by atoms with Gasteiger partial charge in [-0.2, -0.15) is 0 Å². The molecular formula is C27H28N2O6S. The van der Waals surface area contributed by atoms with Gasteiger partial charge in [0.1, 0.15) is 23.9 Å². The lowest BCUT2D eigenvalue weighted by Gasteiger charge is -2.17. The first-order valence-electron chi connectivity index (χ1n) is 11.4. The summed E-state index contributed by atoms with van der Waals surface area (Å²) >= 11 is 0. The standard InChI is InChI=1S/C27H28N2O6S/c1-18-23(11-12-26(28-18)33-14-13-27(2,3)31)35-22-6-4-5-19(15-22)17-34-21-9-7-20(8-10-21)24-16-25(30)29-36(24)32/h4-12,15-16,31H,13-14,17H2,1-3H3,(H,29,30). The smallest absolute Gasteiger partial charge is 0.257 e. The molecule has 3 aromatic rings. The van der Waals surface area contributed by atoms with Crippen LogP contribution in [0.5, 0.6) is 23.1 Å². The Morgan fingerprint density at radius 2 is 1.81 bits per heavy atom. The molecule has 0 radical (unpaired) electrons. The fraction of sp³-hybridized carbons (Fsp3) is 0.259. The fourth-order valence-corrected chi connectivity index (χ4v) is 4.28. The molecule has 0 fully saturated rings. The second kappa shape index (κ2) is 10.9. The van der Waals surface area contributed by atoms with E-state index in [0.29, 0.717) is 58.9 Å². The van der Waals surface area contributed by atoms with Crippen LogP contribution in [0.1, 0.15) is 37.1 Å². The number of rotatable bonds is 10. The monoisotopic (exact) mass is 508 g/mol. The summed E-state index contributed by atoms with van der Waals surface area (Å²) in [7, 11) is -1.52. The number of hydrogen-bond donors (Lipinski definition) is 2. The van der Waals surface area contributed by atoms with Crippen LogP contribution in [0.2, 0.25) is 0 Å². The van der Waals surface area contributed by atoms with E-state index in [9.17, 15) is 14.1 Å². The lowest BCUT2D eigenvalue weighted by molar-refractivity contribution is -0.114. The number of carbonyl (C=O) groups is 1. The average molecular weight is 509 g/mol. The predicted molar refractivity (Wildman–Crippen MR) is 137 cm³/mol. The summed E-state index contributed by atoms with van der Waals surface area (Å²) in [5.74, 6) is 2.04. The fourth-order valence-electron chi connectivity index (χ4n) is 3.37. The Morgan fingerprint density at radius 1 is 1.03 bits per heavy atom. The molecule has 1 amide bonds. The van der Waals surface area contributed by atoms with Gasteiger partial charge in [-0.05, 0) is 62.2 Å². The van der Waals surface area contributed by atoms with Crippen LogP contribution in [0.3, 0.4) is 0 Å². The number of aliphatic hydroxyl groups is 1. The molecule has 0 spiro atoms. The number of nitrogens with zero attached hydrogens (tertiary/aromatic N) is 1. The maximum absolute atomic E-state index is 11.9. The maximum atomic E-state index is 11.9. The Morgan fingerprint density at radius 3 is 2.47 bits per heavy atom. The van der Waals surface area contributed by atoms with Gasteiger partial charge in [-0.25, -0.2) is 9.19 Å². The van der Waals surface area contributed by atoms with E-state index in [2.05, 4.69) is 9.71 Å². The number of amides is 1. The number of nitrogens with one attached hydrogen (secondary N) is 1. The van der Waals surface area contributed by atoms with E-state index in [-0.39, 0.29) is 5.91 Å². The van der Waals surface area contributed by atoms with Crippen molar-refractivity contribution in [2.45, 2.75) is 39.4 Å². The summed E-state index contributed by atoms with van der Waals surface area (Å²) < 4.78 is 31.8. The van der Waals surface area contributed by atoms with Crippen molar-refractivity contribution in [3.8, 4) is 23.1 Å². The van der Waals surface area contributed by atoms with Gasteiger partial charge >= 0.3 is 0 Å². The summed E-state index contributed by atoms with van der Waals surface area (Å²) in [4.78, 5) is 16.3. The molecule has 1 aliphatic rings. The van der Waals surface area contributed by atoms with Crippen LogP contribution in [0.15, 0.2) is 66.7 Å². The number of pyridine rings is 1. The first-order chi connectivity index (χ1) is 17.2. The highest BCUT2D eigenvalue weighted by Gasteiger charge is 2.20. The molecule has 1 aromatic heterocycles. The number of ether oxygens (including phenoxy) is 3. The normalized spacial score (nSPS) is 15.3. The van der Waals surface area contributed by atoms with Crippen LogP contribution in [0.25, 0.3) is 4.91 Å². The van der Waals surface area contributed by atoms with Crippen molar-refractivity contribution in [2.24, 2.45) is 0 Å². The molecule has 4 rings (SSSR count). The van der Waals surface area contributed by atoms with Gasteiger partial charge in [0.05, 0.1) is 22.8 Å². The van der Waals surface area contributed by atoms with E-state index in [4.69, 9.17) is 14.2 Å². The molecule has 1 aliphatic heterocycles. The molecular weight excluding hydrogens is 480 g/mol. The van der Waals surface area contributed by atoms with Gasteiger partial charge in [-0.3, -0.25) is 9.52 Å². The molecule has 0 aliphatic carbocycles. The molecule has 0 saturated heterocycles. The van der Waals surface area contributed by atoms with Crippen LogP contribution in [-0.4, -0.2) is 32.4 Å². The highest BCUT2D eigenvalue weighted by molar-refractivity contribution is 7.93. The van der Waals surface area contributed by atoms with Gasteiger partial charge in [-0.15, -0.1) is 0 Å². The van der Waals surface area contributed by atoms with Crippen molar-refractivity contribution in [1.29, 1.82) is 0 Å². The molecule has 2 aromatic carbocycles. The molecule has 9 heteroatoms. The maximum Gasteiger partial charge on any atom is 0.257 e. The Labute approximate surface area is 212 Å². The zero-order valence-electron chi connectivity index (χ0n) is 20.3. The van der Waals surface area contributed by atoms with Crippen LogP contribution in [0.4, 0.5) is 0 Å². The van der Waals surface area contributed by atoms with Gasteiger partial charge in [0.2, 0.25) is 5.88 Å². The van der Waals surface area contributed by atoms with Gasteiger partial charge < -0.3 is 19.3 Å². The predicted octanol–water partition coefficient (Wildman–Crippen LogP) is 4.44. The summed E-state index contributed by atoms with van der Waals surface area (Å²) in [6.07, 6.45) is 1.84. The van der Waals surface area contributed by atoms with E-state index in [1.54, 1.807) is 44.2 Å². The number of carbonyl (C=O) groups excluding carboxylic acids is 1. The Hall–Kier alpha value is -3.69. The molecule has 0 bridgehead atoms. The average Bonchev–Trinajstić information content (AvgIpc) is 3.17. The zero-order valence-corrected chi connectivity index (χ0v) is 21.1. The van der Waals surface area contributed by atoms with Crippen molar-refractivity contribution in [2.75, 3.05) is 6.61 Å². The highest BCUT2D eigenvalue weighted by Crippen LogP contribution is 2.28. The van der Waals surface area contributed by atoms with E-state index < -0.39 is 16.6 Å². The molecule has 188 valence electrons. The third-order valence-corrected chi connectivity index (χ3v) is 6.44. The first kappa shape index (κ1) is 25.4. The van der Waals surface area contributed by atoms with Crippen LogP contribution < -0.4 is 18.9 Å². The minimum Gasteiger partial charge on any atom is -0.489 e. The molecule has 1 unspecified atom stereocenters. The second-order valence-electron chi connectivity index (χ2n) is 8.95. The van der Waals surface area contributed by atoms with Crippen LogP contribution in [-0.2, 0) is 22.4 Å². The lowest BCUT2D eigenvalue weighted by Crippen LogP contribution is -2.22. The SMILES string of the molecule is Cc1nc(OCCC(C)(C)O)ccc1Oc1cccc(COc2ccc(C3=CC(=O)NS3=O)cc2)c1. The Balaban J connectivity index is 1.34. The molecule has 8 nitrogen and oxygen atoms in total. The van der Waals surface area contributed by atoms with E-state index in [1.165, 1.54) is 6.08 Å². The summed E-state index contributed by atoms with van der Waals surface area (Å²) in [5.41, 5.74) is 1.52. The largest absolute Gasteiger partial charge is 0.489 e. The van der Waals surface area contributed by atoms with Gasteiger partial charge in [-0.1, -0.05) is 24.3 Å². The summed E-state index contributed by atoms with van der Waals surface area (Å²) in [6.45, 7) is 6.02. The van der Waals surface area contributed by atoms with Crippen molar-refractivity contribution in [3.63, 3.8) is 0 Å². The zero-order chi connectivity index (χ0) is 25.7. The molecule has 1 atom stereocenters. The minimum atomic E-state index is -1.52. The van der Waals surface area contributed by atoms with Gasteiger partial charge in [0, 0.05) is 18.6 Å². The van der Waals surface area contributed by atoms with Gasteiger partial charge in [0.15, 0.2) is 11.0 Å². The molecule has 36 heavy (non-hydrogen) atoms. The third kappa shape index (κ3) is 6.93. The van der Waals surface area contributed by atoms with Crippen molar-refractivity contribution in [3.05, 3.63) is 83.6 Å². The topological polar surface area (TPSA) is 107 Å². The Bertz CT molecular complexity index is 1300. The van der Waals surface area contributed by atoms with Crippen molar-refractivity contribution >= 4 is 21.8 Å². The number of benzene rings is 2. The number of hydrogen-bond acceptors (Lipinski definition) is 7. The van der Waals surface area contributed by atoms with Crippen LogP contribution in [0, 0.1) is 6.92 Å². The molecule has 0 saturated carbocycles. The minimum absolute atomic E-state index is 0.330. The molecule has 2 N–H and O–H groups in total. The molecule has 2 heterocycles. The second-order valence-corrected chi connectivity index (χ2v) is 10.1. The van der Waals surface area contributed by atoms with Gasteiger partial charge in [0.25, 0.3) is 5.91 Å². The first-order valence-corrected chi connectivity index (χ1v) is 12.6. The number of aryl methyl sites for hydroxylation is 1. The van der Waals surface area contributed by atoms with E-state index in [0.717, 1.165) is 5.56 Å². The quantitative estimate of drug-likeness (QED) is 0.417. The highest BCUT2D eigenvalue weighted by atomic mass is 32.2. The Kier molecular flexibility index (Phi) is 7.71. The lowest BCUT2D eigenvalue weighted by atomic mass is 10.1. The summed E-state index contributed by atoms with van der Waals surface area (Å²) in [5, 5.41) is 9.80. The summed E-state index contributed by atoms with van der Waals surface area (Å²) in [6, 6.07) is 18.2. The van der Waals surface area contributed by atoms with Crippen LogP contribution >= 0.6 is 0 Å². The van der Waals surface area contributed by atoms with Crippen molar-refractivity contribution < 1.29 is 28.3 Å². The van der Waals surface area contributed by atoms with E-state index in [1.807, 2.05) is 37.3 Å². The van der Waals surface area contributed by atoms with E-state index >= 15 is 0 Å². The van der Waals surface area contributed by atoms with Crippen molar-refractivity contribution in [1.82, 2.24) is 9.71 Å².